The third kappa shape index (κ3) is 4.59. The standard InChI is InChI=1S/C25H20N2O4/c28-23(27-16-15-22(26-27)18-9-3-1-4-10-18)17-31-25(30)21-14-8-7-13-20(21)24(29)19-11-5-2-6-12-19/h1-14H,15-17H2. The molecule has 0 saturated heterocycles. The first kappa shape index (κ1) is 20.2. The predicted octanol–water partition coefficient (Wildman–Crippen LogP) is 3.71. The SMILES string of the molecule is O=C(OCC(=O)N1CCC(c2ccccc2)=N1)c1ccccc1C(=O)c1ccccc1. The molecule has 0 saturated carbocycles. The van der Waals surface area contributed by atoms with Crippen molar-refractivity contribution in [2.75, 3.05) is 13.2 Å². The Morgan fingerprint density at radius 2 is 1.42 bits per heavy atom. The van der Waals surface area contributed by atoms with Gasteiger partial charge in [0.2, 0.25) is 0 Å². The van der Waals surface area contributed by atoms with Crippen LogP contribution in [0.2, 0.25) is 0 Å². The fourth-order valence-electron chi connectivity index (χ4n) is 3.35. The van der Waals surface area contributed by atoms with Crippen molar-refractivity contribution < 1.29 is 19.1 Å². The molecule has 0 spiro atoms. The summed E-state index contributed by atoms with van der Waals surface area (Å²) in [5.74, 6) is -1.41. The van der Waals surface area contributed by atoms with Crippen molar-refractivity contribution in [2.24, 2.45) is 5.10 Å². The first-order valence-corrected chi connectivity index (χ1v) is 9.92. The number of hydrogen-bond acceptors (Lipinski definition) is 5. The Labute approximate surface area is 179 Å². The number of amides is 1. The molecule has 6 heteroatoms. The number of ether oxygens (including phenoxy) is 1. The largest absolute Gasteiger partial charge is 0.452 e. The first-order chi connectivity index (χ1) is 15.1. The molecule has 4 rings (SSSR count). The van der Waals surface area contributed by atoms with Gasteiger partial charge < -0.3 is 4.74 Å². The van der Waals surface area contributed by atoms with E-state index in [1.165, 1.54) is 11.1 Å². The molecule has 3 aromatic rings. The third-order valence-electron chi connectivity index (χ3n) is 4.95. The second-order valence-corrected chi connectivity index (χ2v) is 7.00. The molecule has 31 heavy (non-hydrogen) atoms. The lowest BCUT2D eigenvalue weighted by atomic mass is 9.98. The highest BCUT2D eigenvalue weighted by Gasteiger charge is 2.24. The van der Waals surface area contributed by atoms with Crippen LogP contribution in [0, 0.1) is 0 Å². The van der Waals surface area contributed by atoms with Gasteiger partial charge in [-0.25, -0.2) is 9.80 Å². The van der Waals surface area contributed by atoms with E-state index in [1.807, 2.05) is 36.4 Å². The smallest absolute Gasteiger partial charge is 0.339 e. The van der Waals surface area contributed by atoms with Gasteiger partial charge in [0.05, 0.1) is 17.8 Å². The van der Waals surface area contributed by atoms with Crippen LogP contribution in [-0.4, -0.2) is 41.5 Å². The van der Waals surface area contributed by atoms with Crippen LogP contribution in [0.3, 0.4) is 0 Å². The minimum atomic E-state index is -0.723. The van der Waals surface area contributed by atoms with Gasteiger partial charge >= 0.3 is 5.97 Å². The number of esters is 1. The van der Waals surface area contributed by atoms with E-state index in [4.69, 9.17) is 4.74 Å². The van der Waals surface area contributed by atoms with E-state index in [0.29, 0.717) is 18.5 Å². The molecule has 1 heterocycles. The average molecular weight is 412 g/mol. The second-order valence-electron chi connectivity index (χ2n) is 7.00. The highest BCUT2D eigenvalue weighted by Crippen LogP contribution is 2.17. The van der Waals surface area contributed by atoms with Crippen LogP contribution in [0.25, 0.3) is 0 Å². The van der Waals surface area contributed by atoms with Crippen molar-refractivity contribution in [3.05, 3.63) is 107 Å². The number of rotatable bonds is 6. The topological polar surface area (TPSA) is 76.0 Å². The Bertz CT molecular complexity index is 1140. The van der Waals surface area contributed by atoms with E-state index < -0.39 is 18.5 Å². The predicted molar refractivity (Wildman–Crippen MR) is 116 cm³/mol. The second kappa shape index (κ2) is 9.17. The van der Waals surface area contributed by atoms with Crippen LogP contribution in [0.4, 0.5) is 0 Å². The molecule has 0 bridgehead atoms. The van der Waals surface area contributed by atoms with E-state index in [-0.39, 0.29) is 16.9 Å². The summed E-state index contributed by atoms with van der Waals surface area (Å²) in [4.78, 5) is 37.9. The summed E-state index contributed by atoms with van der Waals surface area (Å²) < 4.78 is 5.22. The van der Waals surface area contributed by atoms with Crippen molar-refractivity contribution in [1.82, 2.24) is 5.01 Å². The summed E-state index contributed by atoms with van der Waals surface area (Å²) >= 11 is 0. The number of ketones is 1. The van der Waals surface area contributed by atoms with Crippen LogP contribution in [-0.2, 0) is 9.53 Å². The molecule has 1 aliphatic rings. The number of nitrogens with zero attached hydrogens (tertiary/aromatic N) is 2. The molecule has 0 aliphatic carbocycles. The van der Waals surface area contributed by atoms with Gasteiger partial charge in [-0.05, 0) is 11.6 Å². The fourth-order valence-corrected chi connectivity index (χ4v) is 3.35. The van der Waals surface area contributed by atoms with Crippen molar-refractivity contribution >= 4 is 23.4 Å². The molecule has 0 fully saturated rings. The lowest BCUT2D eigenvalue weighted by molar-refractivity contribution is -0.134. The Morgan fingerprint density at radius 1 is 0.806 bits per heavy atom. The number of benzene rings is 3. The van der Waals surface area contributed by atoms with E-state index in [9.17, 15) is 14.4 Å². The molecule has 0 radical (unpaired) electrons. The highest BCUT2D eigenvalue weighted by atomic mass is 16.5. The molecule has 0 unspecified atom stereocenters. The lowest BCUT2D eigenvalue weighted by Gasteiger charge is -2.12. The van der Waals surface area contributed by atoms with Gasteiger partial charge in [0.1, 0.15) is 0 Å². The summed E-state index contributed by atoms with van der Waals surface area (Å²) in [7, 11) is 0. The molecular formula is C25H20N2O4. The normalized spacial score (nSPS) is 12.9. The highest BCUT2D eigenvalue weighted by molar-refractivity contribution is 6.14. The van der Waals surface area contributed by atoms with Crippen LogP contribution >= 0.6 is 0 Å². The lowest BCUT2D eigenvalue weighted by Crippen LogP contribution is -2.29. The summed E-state index contributed by atoms with van der Waals surface area (Å²) in [6.07, 6.45) is 0.637. The van der Waals surface area contributed by atoms with E-state index >= 15 is 0 Å². The van der Waals surface area contributed by atoms with Gasteiger partial charge in [0.25, 0.3) is 5.91 Å². The Hall–Kier alpha value is -4.06. The van der Waals surface area contributed by atoms with E-state index in [0.717, 1.165) is 11.3 Å². The quantitative estimate of drug-likeness (QED) is 0.457. The number of hydrogen-bond donors (Lipinski definition) is 0. The van der Waals surface area contributed by atoms with Crippen molar-refractivity contribution in [3.8, 4) is 0 Å². The van der Waals surface area contributed by atoms with Crippen LogP contribution < -0.4 is 0 Å². The van der Waals surface area contributed by atoms with Gasteiger partial charge in [-0.3, -0.25) is 9.59 Å². The zero-order valence-electron chi connectivity index (χ0n) is 16.7. The summed E-state index contributed by atoms with van der Waals surface area (Å²) in [6.45, 7) is -0.0119. The third-order valence-corrected chi connectivity index (χ3v) is 4.95. The first-order valence-electron chi connectivity index (χ1n) is 9.92. The van der Waals surface area contributed by atoms with Crippen molar-refractivity contribution in [1.29, 1.82) is 0 Å². The van der Waals surface area contributed by atoms with Crippen molar-refractivity contribution in [2.45, 2.75) is 6.42 Å². The van der Waals surface area contributed by atoms with Gasteiger partial charge in [0, 0.05) is 17.5 Å². The molecule has 1 amide bonds. The zero-order chi connectivity index (χ0) is 21.6. The fraction of sp³-hybridized carbons (Fsp3) is 0.120. The maximum Gasteiger partial charge on any atom is 0.339 e. The van der Waals surface area contributed by atoms with Gasteiger partial charge in [0.15, 0.2) is 12.4 Å². The molecule has 6 nitrogen and oxygen atoms in total. The van der Waals surface area contributed by atoms with E-state index in [1.54, 1.807) is 42.5 Å². The molecule has 0 N–H and O–H groups in total. The molecule has 1 aliphatic heterocycles. The monoisotopic (exact) mass is 412 g/mol. The molecule has 0 aromatic heterocycles. The van der Waals surface area contributed by atoms with E-state index in [2.05, 4.69) is 5.10 Å². The molecule has 154 valence electrons. The van der Waals surface area contributed by atoms with Gasteiger partial charge in [-0.15, -0.1) is 0 Å². The molecular weight excluding hydrogens is 392 g/mol. The van der Waals surface area contributed by atoms with Crippen LogP contribution in [0.15, 0.2) is 90.0 Å². The molecule has 3 aromatic carbocycles. The summed E-state index contributed by atoms with van der Waals surface area (Å²) in [5.41, 5.74) is 2.61. The number of hydrazone groups is 1. The van der Waals surface area contributed by atoms with Gasteiger partial charge in [-0.2, -0.15) is 5.10 Å². The zero-order valence-corrected chi connectivity index (χ0v) is 16.7. The van der Waals surface area contributed by atoms with Gasteiger partial charge in [-0.1, -0.05) is 78.9 Å². The summed E-state index contributed by atoms with van der Waals surface area (Å²) in [6, 6.07) is 24.7. The maximum absolute atomic E-state index is 12.8. The minimum Gasteiger partial charge on any atom is -0.452 e. The summed E-state index contributed by atoms with van der Waals surface area (Å²) in [5, 5.41) is 5.67. The maximum atomic E-state index is 12.8. The Morgan fingerprint density at radius 3 is 2.13 bits per heavy atom. The average Bonchev–Trinajstić information content (AvgIpc) is 3.33. The van der Waals surface area contributed by atoms with Crippen LogP contribution in [0.1, 0.15) is 38.3 Å². The minimum absolute atomic E-state index is 0.124. The Kier molecular flexibility index (Phi) is 5.98. The number of carbonyl (C=O) groups excluding carboxylic acids is 3. The number of carbonyl (C=O) groups is 3. The Balaban J connectivity index is 1.42. The van der Waals surface area contributed by atoms with Crippen molar-refractivity contribution in [3.63, 3.8) is 0 Å². The molecule has 0 atom stereocenters. The van der Waals surface area contributed by atoms with Crippen LogP contribution in [0.5, 0.6) is 0 Å².